The molecule has 2 heterocycles. The second kappa shape index (κ2) is 6.80. The van der Waals surface area contributed by atoms with Gasteiger partial charge in [0, 0.05) is 32.7 Å². The van der Waals surface area contributed by atoms with E-state index in [1.165, 1.54) is 0 Å². The molecule has 2 aromatic rings. The van der Waals surface area contributed by atoms with Crippen LogP contribution in [-0.2, 0) is 24.8 Å². The average molecular weight is 277 g/mol. The molecular weight excluding hydrogens is 258 g/mol. The van der Waals surface area contributed by atoms with E-state index in [0.717, 1.165) is 5.82 Å². The Bertz CT molecular complexity index is 554. The monoisotopic (exact) mass is 277 g/mol. The highest BCUT2D eigenvalue weighted by Crippen LogP contribution is 2.09. The maximum Gasteiger partial charge on any atom is 0.158 e. The van der Waals surface area contributed by atoms with Crippen molar-refractivity contribution in [2.24, 2.45) is 7.05 Å². The Kier molecular flexibility index (Phi) is 4.83. The van der Waals surface area contributed by atoms with Crippen molar-refractivity contribution in [3.8, 4) is 0 Å². The standard InChI is InChI=1S/C12H19N7O/c1-3-20-7-12-16-9(13)6-11(17-12)14-5-4-10-15-8-19(2)18-10/h6,8H,3-5,7H2,1-2H3,(H3,13,14,16,17). The Morgan fingerprint density at radius 3 is 2.90 bits per heavy atom. The third-order valence-corrected chi connectivity index (χ3v) is 2.53. The number of hydrogen-bond acceptors (Lipinski definition) is 7. The highest BCUT2D eigenvalue weighted by Gasteiger charge is 2.04. The molecule has 0 saturated heterocycles. The number of hydrogen-bond donors (Lipinski definition) is 2. The molecule has 0 saturated carbocycles. The lowest BCUT2D eigenvalue weighted by molar-refractivity contribution is 0.128. The van der Waals surface area contributed by atoms with E-state index in [0.29, 0.717) is 43.6 Å². The molecule has 0 amide bonds. The van der Waals surface area contributed by atoms with Gasteiger partial charge in [0.15, 0.2) is 11.6 Å². The Balaban J connectivity index is 1.89. The van der Waals surface area contributed by atoms with E-state index in [2.05, 4.69) is 25.4 Å². The Morgan fingerprint density at radius 1 is 1.35 bits per heavy atom. The summed E-state index contributed by atoms with van der Waals surface area (Å²) in [5, 5.41) is 7.39. The lowest BCUT2D eigenvalue weighted by Crippen LogP contribution is -2.11. The summed E-state index contributed by atoms with van der Waals surface area (Å²) in [6.45, 7) is 3.57. The zero-order chi connectivity index (χ0) is 14.4. The quantitative estimate of drug-likeness (QED) is 0.753. The second-order valence-corrected chi connectivity index (χ2v) is 4.24. The van der Waals surface area contributed by atoms with Gasteiger partial charge in [-0.1, -0.05) is 0 Å². The molecular formula is C12H19N7O. The molecule has 8 heteroatoms. The minimum absolute atomic E-state index is 0.359. The number of ether oxygens (including phenoxy) is 1. The molecule has 0 aliphatic rings. The van der Waals surface area contributed by atoms with Crippen LogP contribution in [0.15, 0.2) is 12.4 Å². The third-order valence-electron chi connectivity index (χ3n) is 2.53. The van der Waals surface area contributed by atoms with Crippen LogP contribution in [0.3, 0.4) is 0 Å². The Labute approximate surface area is 117 Å². The van der Waals surface area contributed by atoms with E-state index in [9.17, 15) is 0 Å². The third kappa shape index (κ3) is 4.16. The summed E-state index contributed by atoms with van der Waals surface area (Å²) in [7, 11) is 1.84. The van der Waals surface area contributed by atoms with Crippen molar-refractivity contribution >= 4 is 11.6 Å². The van der Waals surface area contributed by atoms with Crippen LogP contribution >= 0.6 is 0 Å². The van der Waals surface area contributed by atoms with E-state index < -0.39 is 0 Å². The maximum absolute atomic E-state index is 5.74. The van der Waals surface area contributed by atoms with E-state index in [1.54, 1.807) is 17.1 Å². The summed E-state index contributed by atoms with van der Waals surface area (Å²) < 4.78 is 6.95. The van der Waals surface area contributed by atoms with Crippen LogP contribution in [0.4, 0.5) is 11.6 Å². The molecule has 0 fully saturated rings. The summed E-state index contributed by atoms with van der Waals surface area (Å²) in [6.07, 6.45) is 2.39. The first kappa shape index (κ1) is 14.2. The summed E-state index contributed by atoms with van der Waals surface area (Å²) in [6, 6.07) is 1.70. The van der Waals surface area contributed by atoms with E-state index in [1.807, 2.05) is 14.0 Å². The summed E-state index contributed by atoms with van der Waals surface area (Å²) in [4.78, 5) is 12.6. The zero-order valence-electron chi connectivity index (χ0n) is 11.7. The van der Waals surface area contributed by atoms with Gasteiger partial charge in [-0.3, -0.25) is 4.68 Å². The van der Waals surface area contributed by atoms with Crippen LogP contribution in [0, 0.1) is 0 Å². The number of aryl methyl sites for hydroxylation is 1. The molecule has 20 heavy (non-hydrogen) atoms. The average Bonchev–Trinajstić information content (AvgIpc) is 2.81. The SMILES string of the molecule is CCOCc1nc(N)cc(NCCc2ncn(C)n2)n1. The molecule has 0 aliphatic heterocycles. The van der Waals surface area contributed by atoms with Gasteiger partial charge in [0.2, 0.25) is 0 Å². The predicted octanol–water partition coefficient (Wildman–Crippen LogP) is 0.378. The predicted molar refractivity (Wildman–Crippen MR) is 75.0 cm³/mol. The van der Waals surface area contributed by atoms with Crippen LogP contribution in [0.2, 0.25) is 0 Å². The highest BCUT2D eigenvalue weighted by atomic mass is 16.5. The molecule has 0 aliphatic carbocycles. The summed E-state index contributed by atoms with van der Waals surface area (Å²) >= 11 is 0. The van der Waals surface area contributed by atoms with Crippen molar-refractivity contribution in [1.29, 1.82) is 0 Å². The first-order valence-corrected chi connectivity index (χ1v) is 6.47. The van der Waals surface area contributed by atoms with E-state index >= 15 is 0 Å². The molecule has 0 unspecified atom stereocenters. The van der Waals surface area contributed by atoms with Crippen LogP contribution in [0.1, 0.15) is 18.6 Å². The Morgan fingerprint density at radius 2 is 2.20 bits per heavy atom. The number of nitrogens with two attached hydrogens (primary N) is 1. The van der Waals surface area contributed by atoms with Crippen molar-refractivity contribution in [2.45, 2.75) is 20.0 Å². The van der Waals surface area contributed by atoms with Gasteiger partial charge in [0.05, 0.1) is 0 Å². The molecule has 3 N–H and O–H groups in total. The van der Waals surface area contributed by atoms with Gasteiger partial charge < -0.3 is 15.8 Å². The molecule has 108 valence electrons. The number of anilines is 2. The number of nitrogens with one attached hydrogen (secondary N) is 1. The van der Waals surface area contributed by atoms with Crippen molar-refractivity contribution in [1.82, 2.24) is 24.7 Å². The number of rotatable bonds is 7. The molecule has 0 radical (unpaired) electrons. The van der Waals surface area contributed by atoms with Crippen LogP contribution < -0.4 is 11.1 Å². The fourth-order valence-corrected chi connectivity index (χ4v) is 1.67. The highest BCUT2D eigenvalue weighted by molar-refractivity contribution is 5.44. The van der Waals surface area contributed by atoms with Crippen LogP contribution in [0.25, 0.3) is 0 Å². The van der Waals surface area contributed by atoms with Crippen LogP contribution in [0.5, 0.6) is 0 Å². The lowest BCUT2D eigenvalue weighted by Gasteiger charge is -2.07. The van der Waals surface area contributed by atoms with Crippen molar-refractivity contribution in [2.75, 3.05) is 24.2 Å². The topological polar surface area (TPSA) is 104 Å². The molecule has 0 bridgehead atoms. The summed E-state index contributed by atoms with van der Waals surface area (Å²) in [5.41, 5.74) is 5.74. The fourth-order valence-electron chi connectivity index (χ4n) is 1.67. The van der Waals surface area contributed by atoms with E-state index in [4.69, 9.17) is 10.5 Å². The number of aromatic nitrogens is 5. The maximum atomic E-state index is 5.74. The number of nitrogens with zero attached hydrogens (tertiary/aromatic N) is 5. The second-order valence-electron chi connectivity index (χ2n) is 4.24. The van der Waals surface area contributed by atoms with Gasteiger partial charge in [0.25, 0.3) is 0 Å². The summed E-state index contributed by atoms with van der Waals surface area (Å²) in [5.74, 6) is 2.47. The normalized spacial score (nSPS) is 10.7. The van der Waals surface area contributed by atoms with Gasteiger partial charge in [-0.05, 0) is 6.92 Å². The van der Waals surface area contributed by atoms with Gasteiger partial charge in [0.1, 0.15) is 24.6 Å². The fraction of sp³-hybridized carbons (Fsp3) is 0.500. The smallest absolute Gasteiger partial charge is 0.158 e. The van der Waals surface area contributed by atoms with E-state index in [-0.39, 0.29) is 0 Å². The largest absolute Gasteiger partial charge is 0.384 e. The van der Waals surface area contributed by atoms with Crippen molar-refractivity contribution < 1.29 is 4.74 Å². The minimum atomic E-state index is 0.359. The van der Waals surface area contributed by atoms with Crippen molar-refractivity contribution in [3.63, 3.8) is 0 Å². The zero-order valence-corrected chi connectivity index (χ0v) is 11.7. The molecule has 8 nitrogen and oxygen atoms in total. The first-order chi connectivity index (χ1) is 9.67. The number of nitrogen functional groups attached to an aromatic ring is 1. The first-order valence-electron chi connectivity index (χ1n) is 6.47. The molecule has 2 rings (SSSR count). The lowest BCUT2D eigenvalue weighted by atomic mass is 10.4. The minimum Gasteiger partial charge on any atom is -0.384 e. The van der Waals surface area contributed by atoms with Gasteiger partial charge in [-0.25, -0.2) is 15.0 Å². The van der Waals surface area contributed by atoms with Crippen LogP contribution in [-0.4, -0.2) is 37.9 Å². The van der Waals surface area contributed by atoms with Gasteiger partial charge in [-0.2, -0.15) is 5.10 Å². The Hall–Kier alpha value is -2.22. The van der Waals surface area contributed by atoms with Gasteiger partial charge in [-0.15, -0.1) is 0 Å². The molecule has 0 aromatic carbocycles. The molecule has 0 atom stereocenters. The molecule has 0 spiro atoms. The van der Waals surface area contributed by atoms with Crippen molar-refractivity contribution in [3.05, 3.63) is 24.0 Å². The van der Waals surface area contributed by atoms with Gasteiger partial charge >= 0.3 is 0 Å². The molecule has 2 aromatic heterocycles.